The second-order valence-corrected chi connectivity index (χ2v) is 7.92. The van der Waals surface area contributed by atoms with Crippen LogP contribution in [0.2, 0.25) is 0 Å². The van der Waals surface area contributed by atoms with Crippen LogP contribution in [0.15, 0.2) is 41.8 Å². The Morgan fingerprint density at radius 1 is 1.13 bits per heavy atom. The predicted octanol–water partition coefficient (Wildman–Crippen LogP) is 1.69. The van der Waals surface area contributed by atoms with Gasteiger partial charge in [-0.05, 0) is 23.6 Å². The molecule has 0 aliphatic carbocycles. The Morgan fingerprint density at radius 2 is 1.80 bits per heavy atom. The molecule has 3 N–H and O–H groups in total. The fourth-order valence-electron chi connectivity index (χ4n) is 3.49. The molecule has 0 radical (unpaired) electrons. The Labute approximate surface area is 174 Å². The number of amides is 2. The molecule has 2 aromatic rings. The summed E-state index contributed by atoms with van der Waals surface area (Å²) in [6.45, 7) is 2.85. The number of quaternary nitrogens is 1. The van der Waals surface area contributed by atoms with Gasteiger partial charge in [0.1, 0.15) is 19.1 Å². The number of urea groups is 1. The van der Waals surface area contributed by atoms with E-state index in [-0.39, 0.29) is 24.1 Å². The van der Waals surface area contributed by atoms with Crippen molar-refractivity contribution in [1.82, 2.24) is 10.6 Å². The molecule has 1 saturated heterocycles. The van der Waals surface area contributed by atoms with E-state index < -0.39 is 18.1 Å². The molecule has 1 atom stereocenters. The Kier molecular flexibility index (Phi) is 5.76. The first-order valence-corrected chi connectivity index (χ1v) is 10.3. The molecule has 2 aliphatic heterocycles. The summed E-state index contributed by atoms with van der Waals surface area (Å²) in [5.74, 6) is -3.46. The number of ether oxygens (including phenoxy) is 3. The number of halogens is 3. The lowest BCUT2D eigenvalue weighted by atomic mass is 10.2. The minimum absolute atomic E-state index is 0.0932. The van der Waals surface area contributed by atoms with Crippen LogP contribution in [0.4, 0.5) is 18.0 Å². The molecule has 3 heterocycles. The largest absolute Gasteiger partial charge is 0.492 e. The second-order valence-electron chi connectivity index (χ2n) is 6.94. The Balaban J connectivity index is 1.44. The van der Waals surface area contributed by atoms with E-state index in [1.54, 1.807) is 11.3 Å². The molecule has 4 rings (SSSR count). The number of fused-ring (bicyclic) bond motifs is 1. The van der Waals surface area contributed by atoms with E-state index in [9.17, 15) is 18.0 Å². The third kappa shape index (κ3) is 4.18. The average molecular weight is 444 g/mol. The number of carbonyl (C=O) groups excluding carboxylic acids is 1. The minimum Gasteiger partial charge on any atom is -0.424 e. The van der Waals surface area contributed by atoms with E-state index in [0.29, 0.717) is 13.2 Å². The zero-order valence-electron chi connectivity index (χ0n) is 15.8. The molecule has 11 heteroatoms. The summed E-state index contributed by atoms with van der Waals surface area (Å²) in [7, 11) is 0. The van der Waals surface area contributed by atoms with Crippen LogP contribution < -0.4 is 25.0 Å². The minimum atomic E-state index is -4.99. The predicted molar refractivity (Wildman–Crippen MR) is 102 cm³/mol. The third-order valence-electron chi connectivity index (χ3n) is 4.99. The number of hydrogen-bond acceptors (Lipinski definition) is 5. The van der Waals surface area contributed by atoms with Crippen molar-refractivity contribution < 1.29 is 37.1 Å². The van der Waals surface area contributed by atoms with Gasteiger partial charge in [0.25, 0.3) is 0 Å². The summed E-state index contributed by atoms with van der Waals surface area (Å²) in [6, 6.07) is 8.46. The summed E-state index contributed by atoms with van der Waals surface area (Å²) < 4.78 is 56.6. The molecule has 0 spiro atoms. The van der Waals surface area contributed by atoms with E-state index >= 15 is 0 Å². The third-order valence-corrected chi connectivity index (χ3v) is 5.97. The quantitative estimate of drug-likeness (QED) is 0.657. The zero-order valence-corrected chi connectivity index (χ0v) is 16.6. The molecule has 162 valence electrons. The SMILES string of the molecule is O=C(NC[C@@H](c1cccs1)[NH+]1CCOCC1)NC1(C(F)(F)F)Oc2ccccc2O1. The molecule has 30 heavy (non-hydrogen) atoms. The summed E-state index contributed by atoms with van der Waals surface area (Å²) in [4.78, 5) is 14.7. The summed E-state index contributed by atoms with van der Waals surface area (Å²) in [5.41, 5.74) is 0. The van der Waals surface area contributed by atoms with Crippen LogP contribution in [0.25, 0.3) is 0 Å². The maximum atomic E-state index is 13.7. The van der Waals surface area contributed by atoms with Crippen LogP contribution in [-0.2, 0) is 4.74 Å². The number of rotatable bonds is 5. The zero-order chi connectivity index (χ0) is 21.2. The van der Waals surface area contributed by atoms with Crippen molar-refractivity contribution in [3.63, 3.8) is 0 Å². The molecule has 7 nitrogen and oxygen atoms in total. The van der Waals surface area contributed by atoms with Crippen molar-refractivity contribution in [2.45, 2.75) is 18.1 Å². The van der Waals surface area contributed by atoms with Crippen LogP contribution >= 0.6 is 11.3 Å². The average Bonchev–Trinajstić information content (AvgIpc) is 3.36. The van der Waals surface area contributed by atoms with Gasteiger partial charge in [-0.1, -0.05) is 18.2 Å². The van der Waals surface area contributed by atoms with Gasteiger partial charge in [-0.2, -0.15) is 13.2 Å². The van der Waals surface area contributed by atoms with Gasteiger partial charge in [-0.25, -0.2) is 4.79 Å². The number of para-hydroxylation sites is 2. The van der Waals surface area contributed by atoms with Gasteiger partial charge in [0.15, 0.2) is 11.5 Å². The van der Waals surface area contributed by atoms with Gasteiger partial charge in [-0.3, -0.25) is 5.32 Å². The smallest absolute Gasteiger partial charge is 0.424 e. The number of morpholine rings is 1. The molecule has 1 aromatic heterocycles. The molecule has 2 aliphatic rings. The van der Waals surface area contributed by atoms with Gasteiger partial charge >= 0.3 is 18.1 Å². The first-order valence-electron chi connectivity index (χ1n) is 9.43. The van der Waals surface area contributed by atoms with Gasteiger partial charge in [0.2, 0.25) is 0 Å². The molecular weight excluding hydrogens is 423 g/mol. The number of thiophene rings is 1. The topological polar surface area (TPSA) is 73.3 Å². The maximum Gasteiger partial charge on any atom is 0.492 e. The van der Waals surface area contributed by atoms with E-state index in [0.717, 1.165) is 18.0 Å². The fraction of sp³-hybridized carbons (Fsp3) is 0.421. The normalized spacial score (nSPS) is 19.3. The van der Waals surface area contributed by atoms with Crippen molar-refractivity contribution >= 4 is 17.4 Å². The lowest BCUT2D eigenvalue weighted by molar-refractivity contribution is -0.937. The van der Waals surface area contributed by atoms with E-state index in [2.05, 4.69) is 5.32 Å². The molecule has 0 unspecified atom stereocenters. The summed E-state index contributed by atoms with van der Waals surface area (Å²) in [6.07, 6.45) is -4.99. The highest BCUT2D eigenvalue weighted by Gasteiger charge is 2.65. The maximum absolute atomic E-state index is 13.7. The second kappa shape index (κ2) is 8.32. The van der Waals surface area contributed by atoms with Crippen LogP contribution in [-0.4, -0.2) is 51.0 Å². The summed E-state index contributed by atoms with van der Waals surface area (Å²) >= 11 is 1.54. The van der Waals surface area contributed by atoms with E-state index in [1.165, 1.54) is 29.2 Å². The molecular formula is C19H21F3N3O4S+. The highest BCUT2D eigenvalue weighted by molar-refractivity contribution is 7.10. The molecule has 0 bridgehead atoms. The fourth-order valence-corrected chi connectivity index (χ4v) is 4.38. The Morgan fingerprint density at radius 3 is 2.37 bits per heavy atom. The van der Waals surface area contributed by atoms with Crippen molar-refractivity contribution in [3.8, 4) is 11.5 Å². The standard InChI is InChI=1S/C19H20F3N3O4S/c20-18(21,22)19(28-14-4-1-2-5-15(14)29-19)24-17(26)23-12-13(16-6-3-11-30-16)25-7-9-27-10-8-25/h1-6,11,13H,7-10,12H2,(H2,23,24,26)/p+1/t13-/m0/s1. The van der Waals surface area contributed by atoms with E-state index in [1.807, 2.05) is 22.8 Å². The van der Waals surface area contributed by atoms with E-state index in [4.69, 9.17) is 14.2 Å². The summed E-state index contributed by atoms with van der Waals surface area (Å²) in [5, 5.41) is 6.32. The number of alkyl halides is 3. The van der Waals surface area contributed by atoms with Crippen molar-refractivity contribution in [3.05, 3.63) is 46.7 Å². The number of carbonyl (C=O) groups is 1. The van der Waals surface area contributed by atoms with Gasteiger partial charge in [-0.15, -0.1) is 11.3 Å². The Hall–Kier alpha value is -2.50. The monoisotopic (exact) mass is 444 g/mol. The Bertz CT molecular complexity index is 847. The van der Waals surface area contributed by atoms with Crippen LogP contribution in [0, 0.1) is 0 Å². The number of benzene rings is 1. The lowest BCUT2D eigenvalue weighted by Gasteiger charge is -2.32. The highest BCUT2D eigenvalue weighted by atomic mass is 32.1. The van der Waals surface area contributed by atoms with Crippen LogP contribution in [0.5, 0.6) is 11.5 Å². The first kappa shape index (κ1) is 20.8. The van der Waals surface area contributed by atoms with Crippen molar-refractivity contribution in [2.75, 3.05) is 32.8 Å². The van der Waals surface area contributed by atoms with Gasteiger partial charge in [0.05, 0.1) is 24.6 Å². The molecule has 1 aromatic carbocycles. The molecule has 0 saturated carbocycles. The molecule has 1 fully saturated rings. The highest BCUT2D eigenvalue weighted by Crippen LogP contribution is 2.44. The van der Waals surface area contributed by atoms with Gasteiger partial charge in [0, 0.05) is 0 Å². The first-order chi connectivity index (χ1) is 14.4. The lowest BCUT2D eigenvalue weighted by Crippen LogP contribution is -3.15. The molecule has 2 amide bonds. The number of nitrogens with one attached hydrogen (secondary N) is 3. The van der Waals surface area contributed by atoms with Crippen molar-refractivity contribution in [2.24, 2.45) is 0 Å². The van der Waals surface area contributed by atoms with Crippen LogP contribution in [0.3, 0.4) is 0 Å². The van der Waals surface area contributed by atoms with Crippen molar-refractivity contribution in [1.29, 1.82) is 0 Å². The number of hydrogen-bond donors (Lipinski definition) is 3. The van der Waals surface area contributed by atoms with Crippen LogP contribution in [0.1, 0.15) is 10.9 Å². The van der Waals surface area contributed by atoms with Gasteiger partial charge < -0.3 is 24.4 Å².